The zero-order valence-corrected chi connectivity index (χ0v) is 18.9. The van der Waals surface area contributed by atoms with Gasteiger partial charge in [0, 0.05) is 23.7 Å². The van der Waals surface area contributed by atoms with E-state index in [1.54, 1.807) is 14.2 Å². The minimum absolute atomic E-state index is 0.185. The van der Waals surface area contributed by atoms with Crippen molar-refractivity contribution >= 4 is 28.7 Å². The second kappa shape index (κ2) is 9.34. The van der Waals surface area contributed by atoms with Crippen LogP contribution in [-0.2, 0) is 12.8 Å². The van der Waals surface area contributed by atoms with Crippen molar-refractivity contribution in [3.8, 4) is 11.5 Å². The molecule has 1 atom stereocenters. The van der Waals surface area contributed by atoms with Gasteiger partial charge in [0.15, 0.2) is 11.5 Å². The van der Waals surface area contributed by atoms with E-state index in [4.69, 9.17) is 33.3 Å². The van der Waals surface area contributed by atoms with Crippen LogP contribution in [0.4, 0.5) is 0 Å². The lowest BCUT2D eigenvalue weighted by Crippen LogP contribution is -2.21. The standard InChI is InChI=1S/C25H26ClNO2S/c1-28-23-14-21-20(24(26)25(23)29-2)11-12-27-15-22(21)19-6-4-3-5-17(19)13-16-7-9-18(30)10-8-16/h3-9,14,22,27H,10-13,15H2,1-2H3. The first-order chi connectivity index (χ1) is 14.6. The van der Waals surface area contributed by atoms with Gasteiger partial charge in [0.1, 0.15) is 0 Å². The average molecular weight is 440 g/mol. The van der Waals surface area contributed by atoms with Gasteiger partial charge in [-0.3, -0.25) is 0 Å². The minimum atomic E-state index is 0.185. The molecule has 0 fully saturated rings. The van der Waals surface area contributed by atoms with E-state index in [2.05, 4.69) is 47.8 Å². The van der Waals surface area contributed by atoms with Crippen molar-refractivity contribution in [2.24, 2.45) is 0 Å². The Hall–Kier alpha value is -2.14. The Morgan fingerprint density at radius 2 is 1.97 bits per heavy atom. The van der Waals surface area contributed by atoms with Gasteiger partial charge in [0.2, 0.25) is 0 Å². The van der Waals surface area contributed by atoms with Gasteiger partial charge in [-0.1, -0.05) is 60.2 Å². The number of rotatable bonds is 5. The lowest BCUT2D eigenvalue weighted by molar-refractivity contribution is 0.354. The highest BCUT2D eigenvalue weighted by molar-refractivity contribution is 7.80. The van der Waals surface area contributed by atoms with Gasteiger partial charge in [-0.25, -0.2) is 0 Å². The summed E-state index contributed by atoms with van der Waals surface area (Å²) >= 11 is 12.1. The fraction of sp³-hybridized carbons (Fsp3) is 0.320. The number of hydrogen-bond acceptors (Lipinski definition) is 4. The van der Waals surface area contributed by atoms with Crippen LogP contribution in [-0.4, -0.2) is 32.2 Å². The molecular formula is C25H26ClNO2S. The summed E-state index contributed by atoms with van der Waals surface area (Å²) in [6, 6.07) is 10.8. The van der Waals surface area contributed by atoms with E-state index < -0.39 is 0 Å². The minimum Gasteiger partial charge on any atom is -0.493 e. The maximum atomic E-state index is 6.78. The molecule has 1 aliphatic heterocycles. The fourth-order valence-electron chi connectivity index (χ4n) is 4.37. The summed E-state index contributed by atoms with van der Waals surface area (Å²) in [4.78, 5) is 0.990. The van der Waals surface area contributed by atoms with Gasteiger partial charge >= 0.3 is 0 Å². The molecule has 1 unspecified atom stereocenters. The average Bonchev–Trinajstić information content (AvgIpc) is 2.98. The summed E-state index contributed by atoms with van der Waals surface area (Å²) in [6.45, 7) is 1.74. The summed E-state index contributed by atoms with van der Waals surface area (Å²) in [6.07, 6.45) is 9.03. The molecule has 0 radical (unpaired) electrons. The van der Waals surface area contributed by atoms with Crippen LogP contribution in [0.2, 0.25) is 5.02 Å². The molecule has 2 aromatic carbocycles. The Morgan fingerprint density at radius 3 is 2.70 bits per heavy atom. The molecule has 4 rings (SSSR count). The number of fused-ring (bicyclic) bond motifs is 1. The van der Waals surface area contributed by atoms with Crippen molar-refractivity contribution in [3.05, 3.63) is 81.4 Å². The highest BCUT2D eigenvalue weighted by atomic mass is 35.5. The molecule has 5 heteroatoms. The summed E-state index contributed by atoms with van der Waals surface area (Å²) in [5.74, 6) is 1.47. The second-order valence-electron chi connectivity index (χ2n) is 7.66. The normalized spacial score (nSPS) is 18.4. The predicted molar refractivity (Wildman–Crippen MR) is 128 cm³/mol. The van der Waals surface area contributed by atoms with Gasteiger partial charge in [-0.05, 0) is 59.4 Å². The number of benzene rings is 2. The van der Waals surface area contributed by atoms with Gasteiger partial charge in [0.05, 0.1) is 19.2 Å². The van der Waals surface area contributed by atoms with Crippen LogP contribution in [0.5, 0.6) is 11.5 Å². The van der Waals surface area contributed by atoms with Crippen LogP contribution in [0, 0.1) is 0 Å². The number of allylic oxidation sites excluding steroid dienone is 4. The van der Waals surface area contributed by atoms with Crippen molar-refractivity contribution < 1.29 is 9.47 Å². The number of methoxy groups -OCH3 is 2. The molecule has 2 aliphatic rings. The number of thiocarbonyl (C=S) groups is 1. The largest absolute Gasteiger partial charge is 0.493 e. The second-order valence-corrected chi connectivity index (χ2v) is 8.56. The molecule has 1 N–H and O–H groups in total. The van der Waals surface area contributed by atoms with E-state index in [1.165, 1.54) is 22.3 Å². The number of nitrogens with one attached hydrogen (secondary N) is 1. The summed E-state index contributed by atoms with van der Waals surface area (Å²) in [5.41, 5.74) is 6.31. The quantitative estimate of drug-likeness (QED) is 0.629. The zero-order valence-electron chi connectivity index (χ0n) is 17.3. The van der Waals surface area contributed by atoms with Crippen LogP contribution < -0.4 is 14.8 Å². The van der Waals surface area contributed by atoms with Gasteiger partial charge < -0.3 is 14.8 Å². The molecule has 0 amide bonds. The van der Waals surface area contributed by atoms with Gasteiger partial charge in [0.25, 0.3) is 0 Å². The Balaban J connectivity index is 1.78. The molecule has 0 bridgehead atoms. The Bertz CT molecular complexity index is 1030. The van der Waals surface area contributed by atoms with Crippen molar-refractivity contribution in [3.63, 3.8) is 0 Å². The van der Waals surface area contributed by atoms with Crippen molar-refractivity contribution in [1.82, 2.24) is 5.32 Å². The summed E-state index contributed by atoms with van der Waals surface area (Å²) in [7, 11) is 3.29. The number of ether oxygens (including phenoxy) is 2. The lowest BCUT2D eigenvalue weighted by Gasteiger charge is -2.24. The topological polar surface area (TPSA) is 30.5 Å². The molecule has 156 valence electrons. The van der Waals surface area contributed by atoms with E-state index >= 15 is 0 Å². The maximum absolute atomic E-state index is 6.78. The van der Waals surface area contributed by atoms with Crippen molar-refractivity contribution in [2.75, 3.05) is 27.3 Å². The highest BCUT2D eigenvalue weighted by Gasteiger charge is 2.27. The molecule has 0 saturated heterocycles. The van der Waals surface area contributed by atoms with Crippen LogP contribution in [0.1, 0.15) is 34.6 Å². The van der Waals surface area contributed by atoms with Gasteiger partial charge in [-0.2, -0.15) is 0 Å². The smallest absolute Gasteiger partial charge is 0.179 e. The molecule has 0 saturated carbocycles. The van der Waals surface area contributed by atoms with Crippen LogP contribution >= 0.6 is 23.8 Å². The SMILES string of the molecule is COc1cc2c(c(Cl)c1OC)CCNCC2c1ccccc1CC1=CCC(=S)C=C1. The lowest BCUT2D eigenvalue weighted by atomic mass is 9.83. The Kier molecular flexibility index (Phi) is 6.57. The third-order valence-corrected chi connectivity index (χ3v) is 6.60. The Morgan fingerprint density at radius 1 is 1.13 bits per heavy atom. The van der Waals surface area contributed by atoms with Crippen molar-refractivity contribution in [2.45, 2.75) is 25.2 Å². The number of hydrogen-bond donors (Lipinski definition) is 1. The molecule has 1 aliphatic carbocycles. The van der Waals surface area contributed by atoms with E-state index in [0.717, 1.165) is 42.8 Å². The summed E-state index contributed by atoms with van der Waals surface area (Å²) < 4.78 is 11.2. The molecule has 2 aromatic rings. The molecule has 30 heavy (non-hydrogen) atoms. The van der Waals surface area contributed by atoms with Crippen LogP contribution in [0.25, 0.3) is 0 Å². The molecule has 1 heterocycles. The third-order valence-electron chi connectivity index (χ3n) is 5.90. The molecule has 0 aromatic heterocycles. The van der Waals surface area contributed by atoms with Crippen molar-refractivity contribution in [1.29, 1.82) is 0 Å². The third kappa shape index (κ3) is 4.18. The predicted octanol–water partition coefficient (Wildman–Crippen LogP) is 5.43. The molecule has 3 nitrogen and oxygen atoms in total. The monoisotopic (exact) mass is 439 g/mol. The zero-order chi connectivity index (χ0) is 21.1. The first-order valence-corrected chi connectivity index (χ1v) is 11.0. The summed E-state index contributed by atoms with van der Waals surface area (Å²) in [5, 5.41) is 4.25. The fourth-order valence-corrected chi connectivity index (χ4v) is 4.90. The maximum Gasteiger partial charge on any atom is 0.179 e. The van der Waals surface area contributed by atoms with E-state index in [9.17, 15) is 0 Å². The van der Waals surface area contributed by atoms with E-state index in [0.29, 0.717) is 16.5 Å². The first-order valence-electron chi connectivity index (χ1n) is 10.2. The van der Waals surface area contributed by atoms with Gasteiger partial charge in [-0.15, -0.1) is 0 Å². The first kappa shape index (κ1) is 21.1. The van der Waals surface area contributed by atoms with E-state index in [-0.39, 0.29) is 5.92 Å². The number of halogens is 1. The molecular weight excluding hydrogens is 414 g/mol. The van der Waals surface area contributed by atoms with Crippen LogP contribution in [0.15, 0.2) is 54.1 Å². The van der Waals surface area contributed by atoms with Crippen LogP contribution in [0.3, 0.4) is 0 Å². The molecule has 0 spiro atoms. The highest BCUT2D eigenvalue weighted by Crippen LogP contribution is 2.44. The van der Waals surface area contributed by atoms with E-state index in [1.807, 2.05) is 6.08 Å². The Labute approximate surface area is 188 Å².